The molecule has 0 heterocycles. The molecule has 1 aromatic rings. The molecule has 0 aliphatic heterocycles. The molecular formula is C15H18F2N2O4. The van der Waals surface area contributed by atoms with Gasteiger partial charge in [0.05, 0.1) is 12.5 Å². The average Bonchev–Trinajstić information content (AvgIpc) is 2.49. The van der Waals surface area contributed by atoms with Crippen molar-refractivity contribution in [3.05, 3.63) is 35.4 Å². The minimum Gasteiger partial charge on any atom is -0.466 e. The summed E-state index contributed by atoms with van der Waals surface area (Å²) in [5.74, 6) is -5.13. The summed E-state index contributed by atoms with van der Waals surface area (Å²) >= 11 is 0. The van der Waals surface area contributed by atoms with Gasteiger partial charge >= 0.3 is 5.97 Å². The zero-order valence-electron chi connectivity index (χ0n) is 12.8. The van der Waals surface area contributed by atoms with Gasteiger partial charge in [-0.15, -0.1) is 0 Å². The lowest BCUT2D eigenvalue weighted by molar-refractivity contribution is -0.147. The van der Waals surface area contributed by atoms with E-state index in [2.05, 4.69) is 5.32 Å². The molecule has 0 radical (unpaired) electrons. The summed E-state index contributed by atoms with van der Waals surface area (Å²) in [7, 11) is 0. The zero-order valence-corrected chi connectivity index (χ0v) is 12.8. The molecule has 126 valence electrons. The first-order valence-electron chi connectivity index (χ1n) is 6.98. The molecule has 0 saturated carbocycles. The number of hydrogen-bond acceptors (Lipinski definition) is 4. The van der Waals surface area contributed by atoms with E-state index in [1.165, 1.54) is 6.92 Å². The van der Waals surface area contributed by atoms with E-state index in [4.69, 9.17) is 10.5 Å². The highest BCUT2D eigenvalue weighted by atomic mass is 19.2. The zero-order chi connectivity index (χ0) is 17.6. The van der Waals surface area contributed by atoms with Crippen molar-refractivity contribution in [2.45, 2.75) is 26.3 Å². The van der Waals surface area contributed by atoms with Crippen molar-refractivity contribution in [3.63, 3.8) is 0 Å². The van der Waals surface area contributed by atoms with Crippen LogP contribution in [0.5, 0.6) is 0 Å². The summed E-state index contributed by atoms with van der Waals surface area (Å²) < 4.78 is 30.8. The van der Waals surface area contributed by atoms with Crippen LogP contribution in [-0.2, 0) is 14.3 Å². The van der Waals surface area contributed by atoms with Crippen molar-refractivity contribution in [2.75, 3.05) is 6.61 Å². The third-order valence-electron chi connectivity index (χ3n) is 3.11. The van der Waals surface area contributed by atoms with Crippen LogP contribution in [-0.4, -0.2) is 30.4 Å². The molecule has 1 aromatic carbocycles. The van der Waals surface area contributed by atoms with Gasteiger partial charge < -0.3 is 15.8 Å². The number of primary amides is 1. The molecule has 0 spiro atoms. The highest BCUT2D eigenvalue weighted by molar-refractivity contribution is 5.97. The largest absolute Gasteiger partial charge is 0.466 e. The molecule has 2 amide bonds. The number of ether oxygens (including phenoxy) is 1. The van der Waals surface area contributed by atoms with Gasteiger partial charge in [-0.3, -0.25) is 14.4 Å². The molecule has 1 rings (SSSR count). The van der Waals surface area contributed by atoms with Crippen molar-refractivity contribution in [2.24, 2.45) is 11.7 Å². The molecule has 0 aliphatic carbocycles. The fourth-order valence-corrected chi connectivity index (χ4v) is 1.86. The number of esters is 1. The number of nitrogens with one attached hydrogen (secondary N) is 1. The predicted octanol–water partition coefficient (Wildman–Crippen LogP) is 1.14. The van der Waals surface area contributed by atoms with Crippen molar-refractivity contribution in [1.82, 2.24) is 5.32 Å². The van der Waals surface area contributed by atoms with Gasteiger partial charge in [0, 0.05) is 5.56 Å². The number of rotatable bonds is 7. The maximum Gasteiger partial charge on any atom is 0.308 e. The minimum atomic E-state index is -1.19. The highest BCUT2D eigenvalue weighted by Crippen LogP contribution is 2.11. The number of hydrogen-bond donors (Lipinski definition) is 2. The second-order valence-corrected chi connectivity index (χ2v) is 4.95. The number of nitrogens with two attached hydrogens (primary N) is 1. The number of carbonyl (C=O) groups is 3. The van der Waals surface area contributed by atoms with E-state index in [-0.39, 0.29) is 18.6 Å². The Balaban J connectivity index is 2.79. The van der Waals surface area contributed by atoms with Gasteiger partial charge in [0.25, 0.3) is 5.91 Å². The van der Waals surface area contributed by atoms with Crippen LogP contribution in [0.25, 0.3) is 0 Å². The Morgan fingerprint density at radius 2 is 1.91 bits per heavy atom. The Bertz CT molecular complexity index is 607. The number of carbonyl (C=O) groups excluding carboxylic acids is 3. The first-order chi connectivity index (χ1) is 10.8. The van der Waals surface area contributed by atoms with Gasteiger partial charge in [0.15, 0.2) is 11.6 Å². The molecule has 3 N–H and O–H groups in total. The maximum absolute atomic E-state index is 13.1. The maximum atomic E-state index is 13.1. The van der Waals surface area contributed by atoms with Crippen LogP contribution in [0.1, 0.15) is 30.6 Å². The molecule has 6 nitrogen and oxygen atoms in total. The Labute approximate surface area is 132 Å². The quantitative estimate of drug-likeness (QED) is 0.733. The number of amides is 2. The molecule has 0 unspecified atom stereocenters. The Morgan fingerprint density at radius 3 is 2.43 bits per heavy atom. The van der Waals surface area contributed by atoms with Crippen molar-refractivity contribution in [1.29, 1.82) is 0 Å². The summed E-state index contributed by atoms with van der Waals surface area (Å²) in [5, 5.41) is 2.30. The van der Waals surface area contributed by atoms with E-state index in [0.29, 0.717) is 6.07 Å². The van der Waals surface area contributed by atoms with Gasteiger partial charge in [-0.25, -0.2) is 8.78 Å². The molecule has 0 aliphatic rings. The van der Waals surface area contributed by atoms with Gasteiger partial charge in [-0.2, -0.15) is 0 Å². The SMILES string of the molecule is CCOC(=O)[C@H](C)C[C@@H](NC(=O)c1ccc(F)c(F)c1)C(N)=O. The van der Waals surface area contributed by atoms with Crippen molar-refractivity contribution in [3.8, 4) is 0 Å². The molecule has 0 aromatic heterocycles. The normalized spacial score (nSPS) is 13.0. The standard InChI is InChI=1S/C15H18F2N2O4/c1-3-23-15(22)8(2)6-12(13(18)20)19-14(21)9-4-5-10(16)11(17)7-9/h4-5,7-8,12H,3,6H2,1-2H3,(H2,18,20)(H,19,21)/t8-,12-/m1/s1. The third-order valence-corrected chi connectivity index (χ3v) is 3.11. The smallest absolute Gasteiger partial charge is 0.308 e. The Morgan fingerprint density at radius 1 is 1.26 bits per heavy atom. The lowest BCUT2D eigenvalue weighted by Gasteiger charge is -2.19. The van der Waals surface area contributed by atoms with E-state index in [9.17, 15) is 23.2 Å². The van der Waals surface area contributed by atoms with Gasteiger partial charge in [0.1, 0.15) is 6.04 Å². The number of benzene rings is 1. The summed E-state index contributed by atoms with van der Waals surface area (Å²) in [6.45, 7) is 3.35. The molecular weight excluding hydrogens is 310 g/mol. The van der Waals surface area contributed by atoms with Crippen LogP contribution in [0.2, 0.25) is 0 Å². The second-order valence-electron chi connectivity index (χ2n) is 4.95. The van der Waals surface area contributed by atoms with E-state index in [1.807, 2.05) is 0 Å². The highest BCUT2D eigenvalue weighted by Gasteiger charge is 2.25. The molecule has 0 bridgehead atoms. The molecule has 0 saturated heterocycles. The fraction of sp³-hybridized carbons (Fsp3) is 0.400. The Kier molecular flexibility index (Phi) is 6.62. The predicted molar refractivity (Wildman–Crippen MR) is 77.2 cm³/mol. The topological polar surface area (TPSA) is 98.5 Å². The minimum absolute atomic E-state index is 0.0659. The van der Waals surface area contributed by atoms with Crippen LogP contribution >= 0.6 is 0 Å². The summed E-state index contributed by atoms with van der Waals surface area (Å²) in [6.07, 6.45) is -0.0659. The van der Waals surface area contributed by atoms with Gasteiger partial charge in [0.2, 0.25) is 5.91 Å². The Hall–Kier alpha value is -2.51. The lowest BCUT2D eigenvalue weighted by Crippen LogP contribution is -2.46. The van der Waals surface area contributed by atoms with Crippen LogP contribution in [0.4, 0.5) is 8.78 Å². The average molecular weight is 328 g/mol. The summed E-state index contributed by atoms with van der Waals surface area (Å²) in [6, 6.07) is 1.43. The summed E-state index contributed by atoms with van der Waals surface area (Å²) in [5.41, 5.74) is 5.03. The molecule has 23 heavy (non-hydrogen) atoms. The third kappa shape index (κ3) is 5.32. The van der Waals surface area contributed by atoms with Crippen molar-refractivity contribution >= 4 is 17.8 Å². The lowest BCUT2D eigenvalue weighted by atomic mass is 10.0. The van der Waals surface area contributed by atoms with Crippen molar-refractivity contribution < 1.29 is 27.9 Å². The first kappa shape index (κ1) is 18.5. The van der Waals surface area contributed by atoms with Crippen LogP contribution < -0.4 is 11.1 Å². The van der Waals surface area contributed by atoms with E-state index >= 15 is 0 Å². The van der Waals surface area contributed by atoms with Gasteiger partial charge in [-0.1, -0.05) is 6.92 Å². The van der Waals surface area contributed by atoms with Crippen LogP contribution in [0, 0.1) is 17.6 Å². The van der Waals surface area contributed by atoms with Crippen LogP contribution in [0.3, 0.4) is 0 Å². The molecule has 8 heteroatoms. The second kappa shape index (κ2) is 8.21. The molecule has 0 fully saturated rings. The molecule has 2 atom stereocenters. The van der Waals surface area contributed by atoms with E-state index in [0.717, 1.165) is 12.1 Å². The van der Waals surface area contributed by atoms with Gasteiger partial charge in [-0.05, 0) is 31.5 Å². The fourth-order valence-electron chi connectivity index (χ4n) is 1.86. The number of halogens is 2. The monoisotopic (exact) mass is 328 g/mol. The first-order valence-corrected chi connectivity index (χ1v) is 6.98. The van der Waals surface area contributed by atoms with Crippen LogP contribution in [0.15, 0.2) is 18.2 Å². The van der Waals surface area contributed by atoms with E-state index in [1.54, 1.807) is 6.92 Å². The van der Waals surface area contributed by atoms with E-state index < -0.39 is 41.4 Å². The summed E-state index contributed by atoms with van der Waals surface area (Å²) in [4.78, 5) is 35.0.